The number of hydrogen-bond acceptors (Lipinski definition) is 1. The molecule has 0 aliphatic carbocycles. The summed E-state index contributed by atoms with van der Waals surface area (Å²) >= 11 is 0. The maximum Gasteiger partial charge on any atom is 0 e. The molecule has 0 aliphatic heterocycles. The normalized spacial score (nSPS) is 7.92. The fourth-order valence-corrected chi connectivity index (χ4v) is 0.536. The first-order valence-electron chi connectivity index (χ1n) is 3.79. The van der Waals surface area contributed by atoms with Crippen LogP contribution in [0.15, 0.2) is 16.5 Å². The van der Waals surface area contributed by atoms with Crippen LogP contribution in [-0.2, 0) is 32.7 Å². The van der Waals surface area contributed by atoms with Crippen LogP contribution < -0.4 is 0 Å². The van der Waals surface area contributed by atoms with Gasteiger partial charge in [-0.1, -0.05) is 26.0 Å². The van der Waals surface area contributed by atoms with Gasteiger partial charge in [0.25, 0.3) is 0 Å². The van der Waals surface area contributed by atoms with Crippen molar-refractivity contribution in [3.05, 3.63) is 29.5 Å². The van der Waals surface area contributed by atoms with E-state index >= 15 is 0 Å². The van der Waals surface area contributed by atoms with E-state index in [9.17, 15) is 0 Å². The van der Waals surface area contributed by atoms with E-state index in [4.69, 9.17) is 4.42 Å². The van der Waals surface area contributed by atoms with Crippen molar-refractivity contribution < 1.29 is 37.1 Å². The third kappa shape index (κ3) is 10.3. The zero-order chi connectivity index (χ0) is 8.53. The molecule has 1 aromatic heterocycles. The van der Waals surface area contributed by atoms with Gasteiger partial charge in [0.15, 0.2) is 0 Å². The molecule has 1 radical (unpaired) electrons. The van der Waals surface area contributed by atoms with Crippen molar-refractivity contribution in [2.75, 3.05) is 13.6 Å². The average Bonchev–Trinajstić information content (AvgIpc) is 2.43. The predicted molar refractivity (Wildman–Crippen MR) is 46.7 cm³/mol. The first-order chi connectivity index (χ1) is 5.31. The Morgan fingerprint density at radius 2 is 2.25 bits per heavy atom. The monoisotopic (exact) mass is 242 g/mol. The summed E-state index contributed by atoms with van der Waals surface area (Å²) in [7, 11) is 1.84. The summed E-state index contributed by atoms with van der Waals surface area (Å²) in [5.74, 6) is 0.912. The Morgan fingerprint density at radius 1 is 1.58 bits per heavy atom. The molecule has 0 N–H and O–H groups in total. The van der Waals surface area contributed by atoms with E-state index in [0.29, 0.717) is 0 Å². The number of nitrogens with zero attached hydrogens (tertiary/aromatic N) is 1. The quantitative estimate of drug-likeness (QED) is 0.732. The van der Waals surface area contributed by atoms with Crippen molar-refractivity contribution in [1.82, 2.24) is 0 Å². The first-order valence-corrected chi connectivity index (χ1v) is 3.79. The molecular formula is C9H15NOY-2. The standard InChI is InChI=1S/C5H5O.C4H10N.Y/c1-5-3-2-4-6-5;1-3-4-5-2;/h2-3H,1H3;3-4H2,1-2H3;/q2*-1;. The van der Waals surface area contributed by atoms with Crippen LogP contribution in [0.2, 0.25) is 0 Å². The molecule has 3 heteroatoms. The number of rotatable bonds is 2. The van der Waals surface area contributed by atoms with Crippen molar-refractivity contribution in [2.45, 2.75) is 20.3 Å². The van der Waals surface area contributed by atoms with Crippen molar-refractivity contribution in [3.63, 3.8) is 0 Å². The molecule has 1 heterocycles. The molecule has 67 valence electrons. The maximum absolute atomic E-state index is 4.71. The second-order valence-corrected chi connectivity index (χ2v) is 2.20. The minimum atomic E-state index is 0. The van der Waals surface area contributed by atoms with Crippen molar-refractivity contribution in [1.29, 1.82) is 0 Å². The van der Waals surface area contributed by atoms with Gasteiger partial charge in [-0.2, -0.15) is 13.1 Å². The van der Waals surface area contributed by atoms with Gasteiger partial charge in [0, 0.05) is 32.7 Å². The summed E-state index contributed by atoms with van der Waals surface area (Å²) in [6.07, 6.45) is 3.73. The molecule has 2 nitrogen and oxygen atoms in total. The zero-order valence-electron chi connectivity index (χ0n) is 8.00. The van der Waals surface area contributed by atoms with Gasteiger partial charge in [-0.15, -0.1) is 12.6 Å². The molecule has 0 fully saturated rings. The molecule has 0 aliphatic rings. The number of hydrogen-bond donors (Lipinski definition) is 0. The molecule has 0 aromatic carbocycles. The molecule has 0 saturated heterocycles. The summed E-state index contributed by atoms with van der Waals surface area (Å²) in [4.78, 5) is 0. The maximum atomic E-state index is 4.71. The van der Waals surface area contributed by atoms with Crippen LogP contribution >= 0.6 is 0 Å². The average molecular weight is 242 g/mol. The Balaban J connectivity index is 0. The van der Waals surface area contributed by atoms with Gasteiger partial charge >= 0.3 is 0 Å². The summed E-state index contributed by atoms with van der Waals surface area (Å²) in [6, 6.07) is 3.61. The number of furan rings is 1. The van der Waals surface area contributed by atoms with Gasteiger partial charge in [-0.05, 0) is 6.26 Å². The molecule has 0 unspecified atom stereocenters. The first kappa shape index (κ1) is 14.8. The summed E-state index contributed by atoms with van der Waals surface area (Å²) in [5.41, 5.74) is 0. The van der Waals surface area contributed by atoms with Crippen LogP contribution in [0.25, 0.3) is 5.32 Å². The second kappa shape index (κ2) is 11.3. The fraction of sp³-hybridized carbons (Fsp3) is 0.556. The summed E-state index contributed by atoms with van der Waals surface area (Å²) in [6.45, 7) is 5.02. The molecular weight excluding hydrogens is 227 g/mol. The van der Waals surface area contributed by atoms with Gasteiger partial charge < -0.3 is 9.73 Å². The van der Waals surface area contributed by atoms with Gasteiger partial charge in [0.1, 0.15) is 0 Å². The van der Waals surface area contributed by atoms with Crippen molar-refractivity contribution in [3.8, 4) is 0 Å². The van der Waals surface area contributed by atoms with Gasteiger partial charge in [-0.3, -0.25) is 0 Å². The Labute approximate surface area is 100.0 Å². The largest absolute Gasteiger partial charge is 0.665 e. The summed E-state index contributed by atoms with van der Waals surface area (Å²) < 4.78 is 4.71. The van der Waals surface area contributed by atoms with Gasteiger partial charge in [-0.25, -0.2) is 0 Å². The summed E-state index contributed by atoms with van der Waals surface area (Å²) in [5, 5.41) is 3.85. The van der Waals surface area contributed by atoms with Crippen LogP contribution in [0.4, 0.5) is 0 Å². The minimum Gasteiger partial charge on any atom is -0.665 e. The Kier molecular flexibility index (Phi) is 14.0. The van der Waals surface area contributed by atoms with E-state index in [2.05, 4.69) is 18.5 Å². The van der Waals surface area contributed by atoms with Crippen LogP contribution in [0.5, 0.6) is 0 Å². The molecule has 0 bridgehead atoms. The van der Waals surface area contributed by atoms with Crippen LogP contribution in [0, 0.1) is 13.2 Å². The van der Waals surface area contributed by atoms with Gasteiger partial charge in [0.05, 0.1) is 0 Å². The zero-order valence-corrected chi connectivity index (χ0v) is 10.8. The Hall–Kier alpha value is 0.344. The van der Waals surface area contributed by atoms with Crippen molar-refractivity contribution in [2.24, 2.45) is 0 Å². The van der Waals surface area contributed by atoms with E-state index in [-0.39, 0.29) is 32.7 Å². The van der Waals surface area contributed by atoms with Crippen molar-refractivity contribution >= 4 is 0 Å². The minimum absolute atomic E-state index is 0. The van der Waals surface area contributed by atoms with Crippen LogP contribution in [-0.4, -0.2) is 13.6 Å². The third-order valence-corrected chi connectivity index (χ3v) is 1.05. The fourth-order valence-electron chi connectivity index (χ4n) is 0.536. The molecule has 0 atom stereocenters. The predicted octanol–water partition coefficient (Wildman–Crippen LogP) is 2.79. The van der Waals surface area contributed by atoms with E-state index in [1.54, 1.807) is 6.07 Å². The van der Waals surface area contributed by atoms with E-state index in [1.807, 2.05) is 20.0 Å². The van der Waals surface area contributed by atoms with Crippen LogP contribution in [0.1, 0.15) is 19.1 Å². The van der Waals surface area contributed by atoms with E-state index in [1.165, 1.54) is 6.42 Å². The topological polar surface area (TPSA) is 27.2 Å². The molecule has 12 heavy (non-hydrogen) atoms. The van der Waals surface area contributed by atoms with E-state index < -0.39 is 0 Å². The smallest absolute Gasteiger partial charge is 0 e. The Bertz CT molecular complexity index is 150. The van der Waals surface area contributed by atoms with Crippen LogP contribution in [0.3, 0.4) is 0 Å². The van der Waals surface area contributed by atoms with Gasteiger partial charge in [0.2, 0.25) is 0 Å². The Morgan fingerprint density at radius 3 is 2.33 bits per heavy atom. The number of aryl methyl sites for hydroxylation is 1. The van der Waals surface area contributed by atoms with E-state index in [0.717, 1.165) is 12.3 Å². The molecule has 1 aromatic rings. The SMILES string of the molecule is CCC[N-]C.Cc1cc[c-]o1.[Y]. The third-order valence-electron chi connectivity index (χ3n) is 1.05. The molecule has 0 saturated carbocycles. The molecule has 0 amide bonds. The molecule has 1 rings (SSSR count). The molecule has 0 spiro atoms. The second-order valence-electron chi connectivity index (χ2n) is 2.20.